The van der Waals surface area contributed by atoms with Crippen LogP contribution in [-0.2, 0) is 10.1 Å². The van der Waals surface area contributed by atoms with Crippen molar-refractivity contribution in [3.63, 3.8) is 0 Å². The Bertz CT molecular complexity index is 252. The van der Waals surface area contributed by atoms with E-state index in [-0.39, 0.29) is 51.4 Å². The topological polar surface area (TPSA) is 57.2 Å². The Labute approximate surface area is 113 Å². The monoisotopic (exact) mass is 252 g/mol. The summed E-state index contributed by atoms with van der Waals surface area (Å²) in [5.74, 6) is 0. The maximum atomic E-state index is 11.8. The van der Waals surface area contributed by atoms with Crippen LogP contribution in [0.4, 0.5) is 22.0 Å². The van der Waals surface area contributed by atoms with Gasteiger partial charge in [-0.05, 0) is 0 Å². The average Bonchev–Trinajstić information content (AvgIpc) is 1.83. The van der Waals surface area contributed by atoms with Gasteiger partial charge in [0.15, 0.2) is 10.1 Å². The maximum Gasteiger partial charge on any atom is 1.00 e. The summed E-state index contributed by atoms with van der Waals surface area (Å²) in [6, 6.07) is 0. The molecule has 0 aromatic heterocycles. The number of hydrogen-bond donors (Lipinski definition) is 0. The largest absolute Gasteiger partial charge is 1.00 e. The van der Waals surface area contributed by atoms with Crippen molar-refractivity contribution in [1.29, 1.82) is 0 Å². The van der Waals surface area contributed by atoms with Gasteiger partial charge in [-0.2, -0.15) is 8.78 Å². The molecule has 0 rings (SSSR count). The molecule has 0 fully saturated rings. The van der Waals surface area contributed by atoms with E-state index >= 15 is 0 Å². The molecule has 0 saturated carbocycles. The predicted molar refractivity (Wildman–Crippen MR) is 25.5 cm³/mol. The van der Waals surface area contributed by atoms with Gasteiger partial charge in [0.05, 0.1) is 0 Å². The first-order chi connectivity index (χ1) is 5.10. The van der Waals surface area contributed by atoms with Crippen molar-refractivity contribution >= 4 is 10.1 Å². The Kier molecular flexibility index (Phi) is 6.81. The standard InChI is InChI=1S/C3H3F5O3S.K/c4-1(2(5)6)3(7,8)12(9,10)11;/h1-2H,(H,9,10,11);/q;+1/p-1. The third-order valence-corrected chi connectivity index (χ3v) is 1.77. The van der Waals surface area contributed by atoms with E-state index in [4.69, 9.17) is 0 Å². The molecule has 1 atom stereocenters. The van der Waals surface area contributed by atoms with Gasteiger partial charge in [-0.25, -0.2) is 21.6 Å². The Hall–Kier alpha value is 1.20. The van der Waals surface area contributed by atoms with Gasteiger partial charge < -0.3 is 4.55 Å². The first-order valence-electron chi connectivity index (χ1n) is 2.36. The molecule has 0 N–H and O–H groups in total. The van der Waals surface area contributed by atoms with Gasteiger partial charge in [-0.15, -0.1) is 0 Å². The fraction of sp³-hybridized carbons (Fsp3) is 1.00. The van der Waals surface area contributed by atoms with Crippen LogP contribution >= 0.6 is 0 Å². The quantitative estimate of drug-likeness (QED) is 0.323. The minimum absolute atomic E-state index is 0. The van der Waals surface area contributed by atoms with Crippen LogP contribution < -0.4 is 51.4 Å². The van der Waals surface area contributed by atoms with Crippen molar-refractivity contribution in [3.8, 4) is 0 Å². The minimum atomic E-state index is -6.38. The van der Waals surface area contributed by atoms with Crippen LogP contribution in [0, 0.1) is 0 Å². The summed E-state index contributed by atoms with van der Waals surface area (Å²) in [4.78, 5) is 0. The molecule has 0 aromatic carbocycles. The molecule has 0 aliphatic carbocycles. The van der Waals surface area contributed by atoms with Crippen LogP contribution in [-0.4, -0.2) is 30.8 Å². The third kappa shape index (κ3) is 4.06. The number of hydrogen-bond acceptors (Lipinski definition) is 3. The van der Waals surface area contributed by atoms with Crippen LogP contribution in [0.25, 0.3) is 0 Å². The van der Waals surface area contributed by atoms with Crippen molar-refractivity contribution < 1.29 is 86.3 Å². The third-order valence-electron chi connectivity index (χ3n) is 0.876. The summed E-state index contributed by atoms with van der Waals surface area (Å²) in [6.45, 7) is 0. The second kappa shape index (κ2) is 5.33. The van der Waals surface area contributed by atoms with Crippen molar-refractivity contribution in [2.75, 3.05) is 0 Å². The summed E-state index contributed by atoms with van der Waals surface area (Å²) in [5, 5.41) is -5.58. The van der Waals surface area contributed by atoms with E-state index in [2.05, 4.69) is 0 Å². The zero-order valence-corrected chi connectivity index (χ0v) is 10.1. The van der Waals surface area contributed by atoms with E-state index in [1.807, 2.05) is 0 Å². The molecule has 0 bridgehead atoms. The second-order valence-corrected chi connectivity index (χ2v) is 3.20. The van der Waals surface area contributed by atoms with Crippen LogP contribution in [0.15, 0.2) is 0 Å². The van der Waals surface area contributed by atoms with E-state index in [0.29, 0.717) is 0 Å². The van der Waals surface area contributed by atoms with Crippen molar-refractivity contribution in [3.05, 3.63) is 0 Å². The molecule has 0 saturated heterocycles. The molecule has 0 aliphatic heterocycles. The number of rotatable bonds is 3. The van der Waals surface area contributed by atoms with Crippen molar-refractivity contribution in [2.24, 2.45) is 0 Å². The van der Waals surface area contributed by atoms with Crippen LogP contribution in [0.1, 0.15) is 0 Å². The normalized spacial score (nSPS) is 15.3. The fourth-order valence-electron chi connectivity index (χ4n) is 0.285. The van der Waals surface area contributed by atoms with Crippen molar-refractivity contribution in [2.45, 2.75) is 17.9 Å². The van der Waals surface area contributed by atoms with Gasteiger partial charge in [0.1, 0.15) is 0 Å². The molecule has 1 unspecified atom stereocenters. The molecule has 0 aliphatic rings. The van der Waals surface area contributed by atoms with E-state index in [1.54, 1.807) is 0 Å². The summed E-state index contributed by atoms with van der Waals surface area (Å²) in [6.07, 6.45) is -8.51. The van der Waals surface area contributed by atoms with E-state index in [9.17, 15) is 34.9 Å². The molecule has 13 heavy (non-hydrogen) atoms. The smallest absolute Gasteiger partial charge is 0.743 e. The van der Waals surface area contributed by atoms with Gasteiger partial charge in [-0.3, -0.25) is 0 Å². The number of alkyl halides is 5. The first kappa shape index (κ1) is 16.6. The molecule has 0 aromatic rings. The van der Waals surface area contributed by atoms with Crippen LogP contribution in [0.5, 0.6) is 0 Å². The first-order valence-corrected chi connectivity index (χ1v) is 3.77. The van der Waals surface area contributed by atoms with Crippen LogP contribution in [0.2, 0.25) is 0 Å². The van der Waals surface area contributed by atoms with E-state index in [0.717, 1.165) is 0 Å². The summed E-state index contributed by atoms with van der Waals surface area (Å²) >= 11 is 0. The summed E-state index contributed by atoms with van der Waals surface area (Å²) in [5.41, 5.74) is 0. The zero-order valence-electron chi connectivity index (χ0n) is 6.18. The molecule has 3 nitrogen and oxygen atoms in total. The predicted octanol–water partition coefficient (Wildman–Crippen LogP) is -2.27. The molecule has 0 spiro atoms. The SMILES string of the molecule is O=S(=O)([O-])C(F)(F)C(F)C(F)F.[K+]. The van der Waals surface area contributed by atoms with Crippen LogP contribution in [0.3, 0.4) is 0 Å². The Morgan fingerprint density at radius 2 is 1.46 bits per heavy atom. The number of halogens is 5. The molecule has 0 amide bonds. The van der Waals surface area contributed by atoms with Gasteiger partial charge in [0.25, 0.3) is 6.43 Å². The Balaban J connectivity index is 0. The molecular formula is C3H2F5KO3S. The zero-order chi connectivity index (χ0) is 10.2. The molecular weight excluding hydrogens is 250 g/mol. The summed E-state index contributed by atoms with van der Waals surface area (Å²) < 4.78 is 86.3. The Morgan fingerprint density at radius 3 is 1.54 bits per heavy atom. The molecule has 0 radical (unpaired) electrons. The molecule has 10 heteroatoms. The molecule has 0 heterocycles. The Morgan fingerprint density at radius 1 is 1.15 bits per heavy atom. The second-order valence-electron chi connectivity index (χ2n) is 1.75. The van der Waals surface area contributed by atoms with E-state index < -0.39 is 28.0 Å². The van der Waals surface area contributed by atoms with Gasteiger partial charge in [0, 0.05) is 0 Å². The average molecular weight is 252 g/mol. The summed E-state index contributed by atoms with van der Waals surface area (Å²) in [7, 11) is -6.38. The van der Waals surface area contributed by atoms with Gasteiger partial charge in [0.2, 0.25) is 6.17 Å². The minimum Gasteiger partial charge on any atom is -0.743 e. The molecule has 74 valence electrons. The van der Waals surface area contributed by atoms with Crippen molar-refractivity contribution in [1.82, 2.24) is 0 Å². The van der Waals surface area contributed by atoms with Gasteiger partial charge >= 0.3 is 56.6 Å². The maximum absolute atomic E-state index is 11.8. The fourth-order valence-corrected chi connectivity index (χ4v) is 0.663. The van der Waals surface area contributed by atoms with E-state index in [1.165, 1.54) is 0 Å². The van der Waals surface area contributed by atoms with Gasteiger partial charge in [-0.1, -0.05) is 0 Å².